The van der Waals surface area contributed by atoms with Crippen molar-refractivity contribution in [3.8, 4) is 0 Å². The number of nitrogens with one attached hydrogen (secondary N) is 1. The summed E-state index contributed by atoms with van der Waals surface area (Å²) in [6.45, 7) is 4.44. The highest BCUT2D eigenvalue weighted by Gasteiger charge is 1.95. The van der Waals surface area contributed by atoms with Crippen LogP contribution in [0.15, 0.2) is 24.3 Å². The van der Waals surface area contributed by atoms with Crippen LogP contribution in [0.3, 0.4) is 0 Å². The topological polar surface area (TPSA) is 40.9 Å². The minimum absolute atomic E-state index is 0.750. The molecule has 0 heterocycles. The Labute approximate surface area is 91.8 Å². The minimum Gasteiger partial charge on any atom is -0.222 e. The molecule has 1 rings (SSSR count). The highest BCUT2D eigenvalue weighted by atomic mass is 16.1. The van der Waals surface area contributed by atoms with Crippen molar-refractivity contribution in [3.63, 3.8) is 0 Å². The van der Waals surface area contributed by atoms with Crippen molar-refractivity contribution in [1.82, 2.24) is 0 Å². The quantitative estimate of drug-likeness (QED) is 0.455. The molecule has 1 aromatic rings. The zero-order chi connectivity index (χ0) is 11.5. The monoisotopic (exact) mass is 205 g/mol. The lowest BCUT2D eigenvalue weighted by atomic mass is 10.0. The Hall–Kier alpha value is -1.40. The zero-order valence-electron chi connectivity index (χ0n) is 9.55. The van der Waals surface area contributed by atoms with Crippen LogP contribution in [0.1, 0.15) is 37.3 Å². The van der Waals surface area contributed by atoms with Crippen LogP contribution in [0, 0.1) is 12.3 Å². The maximum Gasteiger partial charge on any atom is 0.231 e. The van der Waals surface area contributed by atoms with Gasteiger partial charge in [-0.3, -0.25) is 0 Å². The smallest absolute Gasteiger partial charge is 0.222 e. The fraction of sp³-hybridized carbons (Fsp3) is 0.462. The predicted molar refractivity (Wildman–Crippen MR) is 62.8 cm³/mol. The molecule has 0 saturated carbocycles. The highest BCUT2D eigenvalue weighted by molar-refractivity contribution is 5.26. The third kappa shape index (κ3) is 6.64. The Bertz CT molecular complexity index is 301. The van der Waals surface area contributed by atoms with E-state index in [4.69, 9.17) is 10.2 Å². The number of unbranched alkanes of at least 4 members (excludes halogenated alkanes) is 2. The van der Waals surface area contributed by atoms with Gasteiger partial charge in [0.05, 0.1) is 0 Å². The number of hydrogen-bond donors (Lipinski definition) is 1. The normalized spacial score (nSPS) is 8.67. The van der Waals surface area contributed by atoms with Crippen LogP contribution in [0.2, 0.25) is 0 Å². The first-order valence-electron chi connectivity index (χ1n) is 5.34. The molecule has 0 aliphatic rings. The maximum absolute atomic E-state index is 8.35. The fourth-order valence-corrected chi connectivity index (χ4v) is 1.46. The lowest BCUT2D eigenvalue weighted by molar-refractivity contribution is 0.563. The third-order valence-electron chi connectivity index (χ3n) is 2.31. The number of aryl methyl sites for hydroxylation is 2. The summed E-state index contributed by atoms with van der Waals surface area (Å²) in [7, 11) is 0. The lowest BCUT2D eigenvalue weighted by Gasteiger charge is -2.03. The highest BCUT2D eigenvalue weighted by Crippen LogP contribution is 2.10. The van der Waals surface area contributed by atoms with Crippen LogP contribution in [0.25, 0.3) is 0 Å². The molecule has 1 aromatic carbocycles. The molecule has 0 fully saturated rings. The molecule has 0 amide bonds. The molecular weight excluding hydrogens is 186 g/mol. The zero-order valence-corrected chi connectivity index (χ0v) is 9.55. The summed E-state index contributed by atoms with van der Waals surface area (Å²) in [5.41, 5.74) is 2.96. The maximum atomic E-state index is 8.35. The predicted octanol–water partition coefficient (Wildman–Crippen LogP) is 3.63. The van der Waals surface area contributed by atoms with E-state index in [1.165, 1.54) is 36.8 Å². The standard InChI is InChI=1S/C12H18.CHNO/c1-3-4-5-9-12-10-7-6-8-11(12)2;2-1-3/h6-8,10H,3-5,9H2,1-2H3;2H. The molecule has 0 unspecified atom stereocenters. The number of benzene rings is 1. The Kier molecular flexibility index (Phi) is 8.31. The molecule has 0 radical (unpaired) electrons. The van der Waals surface area contributed by atoms with Gasteiger partial charge in [0.25, 0.3) is 0 Å². The van der Waals surface area contributed by atoms with E-state index in [9.17, 15) is 0 Å². The van der Waals surface area contributed by atoms with Crippen molar-refractivity contribution in [2.45, 2.75) is 39.5 Å². The summed E-state index contributed by atoms with van der Waals surface area (Å²) < 4.78 is 0. The van der Waals surface area contributed by atoms with Gasteiger partial charge >= 0.3 is 0 Å². The van der Waals surface area contributed by atoms with Gasteiger partial charge in [-0.05, 0) is 30.9 Å². The molecule has 2 nitrogen and oxygen atoms in total. The van der Waals surface area contributed by atoms with Crippen LogP contribution >= 0.6 is 0 Å². The van der Waals surface area contributed by atoms with Crippen LogP contribution in [0.4, 0.5) is 0 Å². The molecule has 0 aromatic heterocycles. The van der Waals surface area contributed by atoms with Crippen molar-refractivity contribution in [3.05, 3.63) is 35.4 Å². The number of carbonyl (C=O) groups excluding carboxylic acids is 1. The first-order chi connectivity index (χ1) is 7.26. The van der Waals surface area contributed by atoms with Crippen molar-refractivity contribution in [2.24, 2.45) is 0 Å². The van der Waals surface area contributed by atoms with Gasteiger partial charge in [-0.2, -0.15) is 0 Å². The van der Waals surface area contributed by atoms with E-state index < -0.39 is 0 Å². The molecule has 0 saturated heterocycles. The lowest BCUT2D eigenvalue weighted by Crippen LogP contribution is -1.88. The summed E-state index contributed by atoms with van der Waals surface area (Å²) in [4.78, 5) is 8.35. The fourth-order valence-electron chi connectivity index (χ4n) is 1.46. The van der Waals surface area contributed by atoms with E-state index in [0.29, 0.717) is 0 Å². The van der Waals surface area contributed by atoms with Crippen molar-refractivity contribution < 1.29 is 4.79 Å². The van der Waals surface area contributed by atoms with E-state index in [1.54, 1.807) is 0 Å². The van der Waals surface area contributed by atoms with E-state index in [-0.39, 0.29) is 0 Å². The number of rotatable bonds is 4. The molecule has 0 aliphatic carbocycles. The Balaban J connectivity index is 0.000000583. The second-order valence-corrected chi connectivity index (χ2v) is 3.49. The number of isocyanates is 1. The van der Waals surface area contributed by atoms with E-state index >= 15 is 0 Å². The summed E-state index contributed by atoms with van der Waals surface area (Å²) in [5.74, 6) is 0. The molecular formula is C13H19NO. The number of hydrogen-bond acceptors (Lipinski definition) is 2. The van der Waals surface area contributed by atoms with Gasteiger partial charge in [-0.15, -0.1) is 0 Å². The minimum atomic E-state index is 0.750. The van der Waals surface area contributed by atoms with Crippen LogP contribution in [-0.2, 0) is 11.2 Å². The summed E-state index contributed by atoms with van der Waals surface area (Å²) in [6.07, 6.45) is 6.00. The molecule has 0 atom stereocenters. The van der Waals surface area contributed by atoms with E-state index in [0.717, 1.165) is 6.08 Å². The molecule has 1 N–H and O–H groups in total. The average molecular weight is 205 g/mol. The first kappa shape index (κ1) is 13.6. The first-order valence-corrected chi connectivity index (χ1v) is 5.34. The largest absolute Gasteiger partial charge is 0.231 e. The van der Waals surface area contributed by atoms with Crippen LogP contribution in [0.5, 0.6) is 0 Å². The second kappa shape index (κ2) is 9.17. The molecule has 2 heteroatoms. The Morgan fingerprint density at radius 3 is 2.40 bits per heavy atom. The third-order valence-corrected chi connectivity index (χ3v) is 2.31. The summed E-state index contributed by atoms with van der Waals surface area (Å²) >= 11 is 0. The molecule has 0 spiro atoms. The van der Waals surface area contributed by atoms with Gasteiger partial charge in [-0.25, -0.2) is 10.2 Å². The van der Waals surface area contributed by atoms with Gasteiger partial charge in [-0.1, -0.05) is 44.0 Å². The van der Waals surface area contributed by atoms with Crippen LogP contribution < -0.4 is 0 Å². The Morgan fingerprint density at radius 1 is 1.27 bits per heavy atom. The van der Waals surface area contributed by atoms with Gasteiger partial charge < -0.3 is 0 Å². The molecule has 15 heavy (non-hydrogen) atoms. The van der Waals surface area contributed by atoms with Crippen molar-refractivity contribution in [2.75, 3.05) is 0 Å². The average Bonchev–Trinajstić information content (AvgIpc) is 2.22. The molecule has 0 bridgehead atoms. The summed E-state index contributed by atoms with van der Waals surface area (Å²) in [6, 6.07) is 8.68. The summed E-state index contributed by atoms with van der Waals surface area (Å²) in [5, 5.41) is 5.40. The Morgan fingerprint density at radius 2 is 1.87 bits per heavy atom. The molecule has 82 valence electrons. The van der Waals surface area contributed by atoms with E-state index in [2.05, 4.69) is 38.1 Å². The van der Waals surface area contributed by atoms with Gasteiger partial charge in [0.2, 0.25) is 6.08 Å². The van der Waals surface area contributed by atoms with Gasteiger partial charge in [0.15, 0.2) is 0 Å². The second-order valence-electron chi connectivity index (χ2n) is 3.49. The van der Waals surface area contributed by atoms with Crippen molar-refractivity contribution in [1.29, 1.82) is 5.41 Å². The van der Waals surface area contributed by atoms with Gasteiger partial charge in [0, 0.05) is 0 Å². The van der Waals surface area contributed by atoms with Gasteiger partial charge in [0.1, 0.15) is 0 Å². The molecule has 0 aliphatic heterocycles. The van der Waals surface area contributed by atoms with E-state index in [1.807, 2.05) is 0 Å². The van der Waals surface area contributed by atoms with Crippen LogP contribution in [-0.4, -0.2) is 6.08 Å². The SMILES string of the molecule is CCCCCc1ccccc1C.N=C=O. The van der Waals surface area contributed by atoms with Crippen molar-refractivity contribution >= 4 is 6.08 Å².